The molecule has 31 heavy (non-hydrogen) atoms. The fourth-order valence-electron chi connectivity index (χ4n) is 3.19. The normalized spacial score (nSPS) is 10.7. The average molecular weight is 456 g/mol. The predicted molar refractivity (Wildman–Crippen MR) is 130 cm³/mol. The molecule has 0 atom stereocenters. The van der Waals surface area contributed by atoms with Gasteiger partial charge in [0, 0.05) is 30.9 Å². The Morgan fingerprint density at radius 3 is 2.52 bits per heavy atom. The number of benzene rings is 2. The molecular formula is C23H26ClN5OS. The smallest absolute Gasteiger partial charge is 0.234 e. The van der Waals surface area contributed by atoms with Crippen LogP contribution >= 0.6 is 23.4 Å². The van der Waals surface area contributed by atoms with Crippen LogP contribution in [0.3, 0.4) is 0 Å². The summed E-state index contributed by atoms with van der Waals surface area (Å²) in [5, 5.41) is 12.7. The molecule has 2 aromatic carbocycles. The third-order valence-electron chi connectivity index (χ3n) is 4.76. The Labute approximate surface area is 192 Å². The maximum atomic E-state index is 12.4. The molecular weight excluding hydrogens is 430 g/mol. The number of carbonyl (C=O) groups excluding carboxylic acids is 1. The number of para-hydroxylation sites is 1. The molecule has 0 bridgehead atoms. The van der Waals surface area contributed by atoms with E-state index in [4.69, 9.17) is 11.6 Å². The van der Waals surface area contributed by atoms with Gasteiger partial charge >= 0.3 is 0 Å². The van der Waals surface area contributed by atoms with Crippen LogP contribution < -0.4 is 10.2 Å². The van der Waals surface area contributed by atoms with Crippen molar-refractivity contribution >= 4 is 40.6 Å². The molecule has 0 radical (unpaired) electrons. The Hall–Kier alpha value is -2.77. The lowest BCUT2D eigenvalue weighted by atomic mass is 10.2. The van der Waals surface area contributed by atoms with E-state index in [-0.39, 0.29) is 11.7 Å². The number of rotatable bonds is 10. The van der Waals surface area contributed by atoms with Gasteiger partial charge in [-0.3, -0.25) is 9.36 Å². The number of aromatic nitrogens is 3. The number of hydrogen-bond donors (Lipinski definition) is 1. The number of nitrogens with one attached hydrogen (secondary N) is 1. The Bertz CT molecular complexity index is 1030. The number of allylic oxidation sites excluding steroid dienone is 1. The highest BCUT2D eigenvalue weighted by atomic mass is 35.5. The Balaban J connectivity index is 1.73. The second-order valence-corrected chi connectivity index (χ2v) is 8.09. The van der Waals surface area contributed by atoms with E-state index in [0.717, 1.165) is 24.5 Å². The van der Waals surface area contributed by atoms with Crippen molar-refractivity contribution in [3.8, 4) is 11.4 Å². The van der Waals surface area contributed by atoms with Crippen molar-refractivity contribution in [2.75, 3.05) is 29.1 Å². The molecule has 0 aliphatic heterocycles. The third kappa shape index (κ3) is 5.68. The van der Waals surface area contributed by atoms with Gasteiger partial charge in [-0.2, -0.15) is 0 Å². The summed E-state index contributed by atoms with van der Waals surface area (Å²) < 4.78 is 1.97. The van der Waals surface area contributed by atoms with Gasteiger partial charge in [-0.05, 0) is 50.2 Å². The van der Waals surface area contributed by atoms with Crippen LogP contribution in [-0.4, -0.2) is 39.5 Å². The van der Waals surface area contributed by atoms with Gasteiger partial charge in [0.2, 0.25) is 5.91 Å². The van der Waals surface area contributed by atoms with Crippen LogP contribution in [0.2, 0.25) is 5.02 Å². The van der Waals surface area contributed by atoms with Gasteiger partial charge in [0.05, 0.1) is 16.5 Å². The first-order valence-corrected chi connectivity index (χ1v) is 11.5. The van der Waals surface area contributed by atoms with Gasteiger partial charge in [0.15, 0.2) is 11.0 Å². The van der Waals surface area contributed by atoms with Crippen molar-refractivity contribution in [2.45, 2.75) is 25.5 Å². The summed E-state index contributed by atoms with van der Waals surface area (Å²) in [6.45, 7) is 10.6. The first kappa shape index (κ1) is 22.9. The van der Waals surface area contributed by atoms with E-state index in [9.17, 15) is 4.79 Å². The number of halogens is 1. The van der Waals surface area contributed by atoms with E-state index in [0.29, 0.717) is 22.4 Å². The number of amides is 1. The zero-order valence-corrected chi connectivity index (χ0v) is 19.3. The monoisotopic (exact) mass is 455 g/mol. The second-order valence-electron chi connectivity index (χ2n) is 6.74. The third-order valence-corrected chi connectivity index (χ3v) is 6.06. The molecule has 1 N–H and O–H groups in total. The summed E-state index contributed by atoms with van der Waals surface area (Å²) >= 11 is 7.44. The van der Waals surface area contributed by atoms with Crippen molar-refractivity contribution in [2.24, 2.45) is 0 Å². The molecule has 6 nitrogen and oxygen atoms in total. The lowest BCUT2D eigenvalue weighted by Crippen LogP contribution is -2.21. The molecule has 0 saturated heterocycles. The van der Waals surface area contributed by atoms with Crippen molar-refractivity contribution < 1.29 is 4.79 Å². The van der Waals surface area contributed by atoms with Gasteiger partial charge in [-0.15, -0.1) is 16.8 Å². The van der Waals surface area contributed by atoms with E-state index in [1.165, 1.54) is 17.4 Å². The van der Waals surface area contributed by atoms with Crippen LogP contribution in [-0.2, 0) is 11.3 Å². The highest BCUT2D eigenvalue weighted by Gasteiger charge is 2.16. The fourth-order valence-corrected chi connectivity index (χ4v) is 4.12. The Morgan fingerprint density at radius 2 is 1.87 bits per heavy atom. The summed E-state index contributed by atoms with van der Waals surface area (Å²) in [5.41, 5.74) is 2.74. The van der Waals surface area contributed by atoms with Crippen molar-refractivity contribution in [3.05, 3.63) is 66.2 Å². The van der Waals surface area contributed by atoms with Gasteiger partial charge in [0.1, 0.15) is 0 Å². The summed E-state index contributed by atoms with van der Waals surface area (Å²) in [4.78, 5) is 14.7. The quantitative estimate of drug-likeness (QED) is 0.329. The van der Waals surface area contributed by atoms with Gasteiger partial charge in [0.25, 0.3) is 0 Å². The molecule has 0 spiro atoms. The zero-order chi connectivity index (χ0) is 22.2. The molecule has 0 saturated carbocycles. The fraction of sp³-hybridized carbons (Fsp3) is 0.261. The van der Waals surface area contributed by atoms with E-state index in [2.05, 4.69) is 65.1 Å². The molecule has 1 amide bonds. The SMILES string of the molecule is C=CCn1c(SCC(=O)Nc2ccccc2Cl)nnc1-c1ccc(N(CC)CC)cc1. The second kappa shape index (κ2) is 11.0. The molecule has 0 aliphatic carbocycles. The molecule has 3 rings (SSSR count). The van der Waals surface area contributed by atoms with Crippen molar-refractivity contribution in [3.63, 3.8) is 0 Å². The first-order chi connectivity index (χ1) is 15.1. The molecule has 1 aromatic heterocycles. The summed E-state index contributed by atoms with van der Waals surface area (Å²) in [6.07, 6.45) is 1.80. The van der Waals surface area contributed by atoms with Crippen LogP contribution in [0.5, 0.6) is 0 Å². The Morgan fingerprint density at radius 1 is 1.16 bits per heavy atom. The Kier molecular flexibility index (Phi) is 8.14. The van der Waals surface area contributed by atoms with Gasteiger partial charge < -0.3 is 10.2 Å². The predicted octanol–water partition coefficient (Wildman–Crippen LogP) is 5.36. The van der Waals surface area contributed by atoms with Crippen LogP contribution in [0.1, 0.15) is 13.8 Å². The molecule has 0 fully saturated rings. The maximum Gasteiger partial charge on any atom is 0.234 e. The summed E-state index contributed by atoms with van der Waals surface area (Å²) in [6, 6.07) is 15.4. The maximum absolute atomic E-state index is 12.4. The summed E-state index contributed by atoms with van der Waals surface area (Å²) in [7, 11) is 0. The van der Waals surface area contributed by atoms with Crippen molar-refractivity contribution in [1.29, 1.82) is 0 Å². The minimum Gasteiger partial charge on any atom is -0.372 e. The van der Waals surface area contributed by atoms with Crippen LogP contribution in [0, 0.1) is 0 Å². The van der Waals surface area contributed by atoms with Crippen LogP contribution in [0.4, 0.5) is 11.4 Å². The minimum atomic E-state index is -0.156. The minimum absolute atomic E-state index is 0.156. The molecule has 3 aromatic rings. The van der Waals surface area contributed by atoms with E-state index >= 15 is 0 Å². The first-order valence-electron chi connectivity index (χ1n) is 10.1. The number of thioether (sulfide) groups is 1. The van der Waals surface area contributed by atoms with Gasteiger partial charge in [-0.1, -0.05) is 41.6 Å². The van der Waals surface area contributed by atoms with Crippen LogP contribution in [0.15, 0.2) is 66.3 Å². The number of hydrogen-bond acceptors (Lipinski definition) is 5. The molecule has 162 valence electrons. The molecule has 8 heteroatoms. The standard InChI is InChI=1S/C23H26ClN5OS/c1-4-15-29-22(17-11-13-18(14-12-17)28(5-2)6-3)26-27-23(29)31-16-21(30)25-20-10-8-7-9-19(20)24/h4,7-14H,1,5-6,15-16H2,2-3H3,(H,25,30). The molecule has 0 unspecified atom stereocenters. The lowest BCUT2D eigenvalue weighted by molar-refractivity contribution is -0.113. The topological polar surface area (TPSA) is 63.1 Å². The molecule has 0 aliphatic rings. The lowest BCUT2D eigenvalue weighted by Gasteiger charge is -2.21. The highest BCUT2D eigenvalue weighted by molar-refractivity contribution is 7.99. The molecule has 1 heterocycles. The van der Waals surface area contributed by atoms with E-state index < -0.39 is 0 Å². The van der Waals surface area contributed by atoms with E-state index in [1.807, 2.05) is 16.7 Å². The zero-order valence-electron chi connectivity index (χ0n) is 17.7. The largest absolute Gasteiger partial charge is 0.372 e. The average Bonchev–Trinajstić information content (AvgIpc) is 3.18. The number of anilines is 2. The highest BCUT2D eigenvalue weighted by Crippen LogP contribution is 2.27. The number of carbonyl (C=O) groups is 1. The summed E-state index contributed by atoms with van der Waals surface area (Å²) in [5.74, 6) is 0.790. The van der Waals surface area contributed by atoms with E-state index in [1.54, 1.807) is 18.2 Å². The van der Waals surface area contributed by atoms with Gasteiger partial charge in [-0.25, -0.2) is 0 Å². The van der Waals surface area contributed by atoms with Crippen LogP contribution in [0.25, 0.3) is 11.4 Å². The number of nitrogens with zero attached hydrogens (tertiary/aromatic N) is 4. The van der Waals surface area contributed by atoms with Crippen molar-refractivity contribution in [1.82, 2.24) is 14.8 Å².